The molecule has 2 saturated heterocycles. The molecule has 0 saturated carbocycles. The molecule has 4 rings (SSSR count). The van der Waals surface area contributed by atoms with Gasteiger partial charge in [0.1, 0.15) is 5.82 Å². The maximum absolute atomic E-state index is 13.2. The van der Waals surface area contributed by atoms with Gasteiger partial charge in [0, 0.05) is 39.0 Å². The lowest BCUT2D eigenvalue weighted by molar-refractivity contribution is -0.145. The highest BCUT2D eigenvalue weighted by Crippen LogP contribution is 2.42. The number of hydrogen-bond acceptors (Lipinski definition) is 5. The van der Waals surface area contributed by atoms with Crippen LogP contribution < -0.4 is 10.6 Å². The molecular formula is C20H28N4O3. The maximum Gasteiger partial charge on any atom is 0.252 e. The molecule has 3 aliphatic rings. The van der Waals surface area contributed by atoms with Gasteiger partial charge in [0.2, 0.25) is 5.91 Å². The first kappa shape index (κ1) is 18.2. The van der Waals surface area contributed by atoms with E-state index in [0.29, 0.717) is 31.1 Å². The summed E-state index contributed by atoms with van der Waals surface area (Å²) < 4.78 is 5.15. The summed E-state index contributed by atoms with van der Waals surface area (Å²) in [7, 11) is 1.66. The molecule has 0 aromatic carbocycles. The predicted molar refractivity (Wildman–Crippen MR) is 102 cm³/mol. The van der Waals surface area contributed by atoms with Crippen LogP contribution in [0.4, 0.5) is 5.82 Å². The summed E-state index contributed by atoms with van der Waals surface area (Å²) in [6.45, 7) is 3.34. The Morgan fingerprint density at radius 3 is 2.93 bits per heavy atom. The Hall–Kier alpha value is -2.15. The molecule has 1 aromatic heterocycles. The summed E-state index contributed by atoms with van der Waals surface area (Å²) in [4.78, 5) is 34.1. The first-order valence-corrected chi connectivity index (χ1v) is 9.90. The number of aromatic nitrogens is 1. The lowest BCUT2D eigenvalue weighted by Gasteiger charge is -2.39. The molecule has 0 radical (unpaired) electrons. The SMILES string of the molecule is COCCN1CCCC2(CCN(c3nc4c(cc3C(N)=O)CCC4)C2)C1=O. The van der Waals surface area contributed by atoms with Crippen LogP contribution in [0.5, 0.6) is 0 Å². The lowest BCUT2D eigenvalue weighted by Crippen LogP contribution is -2.51. The number of rotatable bonds is 5. The molecule has 2 aliphatic heterocycles. The average molecular weight is 372 g/mol. The molecule has 2 amide bonds. The first-order valence-electron chi connectivity index (χ1n) is 9.90. The van der Waals surface area contributed by atoms with Crippen LogP contribution in [0.3, 0.4) is 0 Å². The van der Waals surface area contributed by atoms with Gasteiger partial charge in [0.15, 0.2) is 0 Å². The molecule has 3 heterocycles. The van der Waals surface area contributed by atoms with Crippen LogP contribution in [-0.2, 0) is 22.4 Å². The minimum absolute atomic E-state index is 0.218. The van der Waals surface area contributed by atoms with Crippen molar-refractivity contribution in [1.29, 1.82) is 0 Å². The largest absolute Gasteiger partial charge is 0.383 e. The molecule has 2 fully saturated rings. The average Bonchev–Trinajstić information content (AvgIpc) is 3.29. The number of primary amides is 1. The normalized spacial score (nSPS) is 24.7. The van der Waals surface area contributed by atoms with Crippen molar-refractivity contribution in [3.63, 3.8) is 0 Å². The zero-order valence-corrected chi connectivity index (χ0v) is 16.0. The van der Waals surface area contributed by atoms with Gasteiger partial charge in [-0.1, -0.05) is 0 Å². The van der Waals surface area contributed by atoms with Gasteiger partial charge in [0.05, 0.1) is 17.6 Å². The molecule has 146 valence electrons. The van der Waals surface area contributed by atoms with Gasteiger partial charge in [-0.25, -0.2) is 4.98 Å². The van der Waals surface area contributed by atoms with E-state index in [1.165, 1.54) is 0 Å². The van der Waals surface area contributed by atoms with Crippen LogP contribution >= 0.6 is 0 Å². The highest BCUT2D eigenvalue weighted by atomic mass is 16.5. The van der Waals surface area contributed by atoms with E-state index in [1.807, 2.05) is 11.0 Å². The molecule has 7 heteroatoms. The predicted octanol–water partition coefficient (Wildman–Crippen LogP) is 1.13. The lowest BCUT2D eigenvalue weighted by atomic mass is 9.78. The molecule has 1 atom stereocenters. The summed E-state index contributed by atoms with van der Waals surface area (Å²) >= 11 is 0. The fourth-order valence-electron chi connectivity index (χ4n) is 4.88. The van der Waals surface area contributed by atoms with Gasteiger partial charge in [-0.3, -0.25) is 9.59 Å². The second-order valence-electron chi connectivity index (χ2n) is 8.02. The maximum atomic E-state index is 13.2. The quantitative estimate of drug-likeness (QED) is 0.837. The van der Waals surface area contributed by atoms with Crippen LogP contribution in [0.2, 0.25) is 0 Å². The number of piperidine rings is 1. The number of fused-ring (bicyclic) bond motifs is 1. The van der Waals surface area contributed by atoms with Crippen LogP contribution in [-0.4, -0.2) is 61.6 Å². The molecular weight excluding hydrogens is 344 g/mol. The van der Waals surface area contributed by atoms with E-state index in [4.69, 9.17) is 15.5 Å². The molecule has 27 heavy (non-hydrogen) atoms. The Bertz CT molecular complexity index is 766. The second kappa shape index (κ2) is 7.11. The fraction of sp³-hybridized carbons (Fsp3) is 0.650. The van der Waals surface area contributed by atoms with E-state index in [2.05, 4.69) is 4.90 Å². The number of pyridine rings is 1. The Balaban J connectivity index is 1.59. The van der Waals surface area contributed by atoms with Crippen LogP contribution in [0.15, 0.2) is 6.07 Å². The van der Waals surface area contributed by atoms with E-state index in [0.717, 1.165) is 62.9 Å². The monoisotopic (exact) mass is 372 g/mol. The number of nitrogens with two attached hydrogens (primary N) is 1. The van der Waals surface area contributed by atoms with Gasteiger partial charge >= 0.3 is 0 Å². The third-order valence-corrected chi connectivity index (χ3v) is 6.34. The van der Waals surface area contributed by atoms with Gasteiger partial charge in [-0.2, -0.15) is 0 Å². The van der Waals surface area contributed by atoms with Crippen LogP contribution in [0.1, 0.15) is 47.3 Å². The number of likely N-dealkylation sites (tertiary alicyclic amines) is 1. The van der Waals surface area contributed by atoms with E-state index in [1.54, 1.807) is 7.11 Å². The zero-order chi connectivity index (χ0) is 19.0. The zero-order valence-electron chi connectivity index (χ0n) is 16.0. The number of hydrogen-bond donors (Lipinski definition) is 1. The van der Waals surface area contributed by atoms with Crippen molar-refractivity contribution in [2.24, 2.45) is 11.1 Å². The van der Waals surface area contributed by atoms with Gasteiger partial charge in [-0.15, -0.1) is 0 Å². The summed E-state index contributed by atoms with van der Waals surface area (Å²) in [5.74, 6) is 0.446. The highest BCUT2D eigenvalue weighted by molar-refractivity contribution is 5.98. The molecule has 1 aliphatic carbocycles. The van der Waals surface area contributed by atoms with E-state index < -0.39 is 5.91 Å². The van der Waals surface area contributed by atoms with Crippen LogP contribution in [0.25, 0.3) is 0 Å². The molecule has 2 N–H and O–H groups in total. The summed E-state index contributed by atoms with van der Waals surface area (Å²) in [5, 5.41) is 0. The van der Waals surface area contributed by atoms with Crippen molar-refractivity contribution in [2.75, 3.05) is 44.8 Å². The second-order valence-corrected chi connectivity index (χ2v) is 8.02. The molecule has 1 unspecified atom stereocenters. The minimum Gasteiger partial charge on any atom is -0.383 e. The number of ether oxygens (including phenoxy) is 1. The fourth-order valence-corrected chi connectivity index (χ4v) is 4.88. The Morgan fingerprint density at radius 1 is 1.30 bits per heavy atom. The Morgan fingerprint density at radius 2 is 2.15 bits per heavy atom. The standard InChI is InChI=1S/C20H28N4O3/c1-27-11-10-23-8-3-6-20(19(23)26)7-9-24(13-20)18-15(17(21)25)12-14-4-2-5-16(14)22-18/h12H,2-11,13H2,1H3,(H2,21,25). The number of aryl methyl sites for hydroxylation is 2. The van der Waals surface area contributed by atoms with Gasteiger partial charge in [0.25, 0.3) is 5.91 Å². The Labute approximate surface area is 159 Å². The molecule has 0 bridgehead atoms. The third-order valence-electron chi connectivity index (χ3n) is 6.34. The molecule has 1 spiro atoms. The van der Waals surface area contributed by atoms with Crippen molar-refractivity contribution in [1.82, 2.24) is 9.88 Å². The number of methoxy groups -OCH3 is 1. The molecule has 7 nitrogen and oxygen atoms in total. The summed E-state index contributed by atoms with van der Waals surface area (Å²) in [5.41, 5.74) is 7.99. The van der Waals surface area contributed by atoms with Crippen molar-refractivity contribution in [2.45, 2.75) is 38.5 Å². The summed E-state index contributed by atoms with van der Waals surface area (Å²) in [6.07, 6.45) is 5.67. The third kappa shape index (κ3) is 3.18. The van der Waals surface area contributed by atoms with Crippen molar-refractivity contribution in [3.05, 3.63) is 22.9 Å². The number of nitrogens with zero attached hydrogens (tertiary/aromatic N) is 3. The van der Waals surface area contributed by atoms with Crippen molar-refractivity contribution in [3.8, 4) is 0 Å². The van der Waals surface area contributed by atoms with Crippen molar-refractivity contribution < 1.29 is 14.3 Å². The Kier molecular flexibility index (Phi) is 4.80. The smallest absolute Gasteiger partial charge is 0.252 e. The highest BCUT2D eigenvalue weighted by Gasteiger charge is 2.49. The van der Waals surface area contributed by atoms with Gasteiger partial charge in [-0.05, 0) is 50.2 Å². The first-order chi connectivity index (χ1) is 13.0. The summed E-state index contributed by atoms with van der Waals surface area (Å²) in [6, 6.07) is 1.92. The number of carbonyl (C=O) groups is 2. The van der Waals surface area contributed by atoms with Gasteiger partial charge < -0.3 is 20.3 Å². The van der Waals surface area contributed by atoms with E-state index in [9.17, 15) is 9.59 Å². The minimum atomic E-state index is -0.440. The van der Waals surface area contributed by atoms with E-state index >= 15 is 0 Å². The van der Waals surface area contributed by atoms with E-state index in [-0.39, 0.29) is 11.3 Å². The molecule has 1 aromatic rings. The topological polar surface area (TPSA) is 88.8 Å². The number of anilines is 1. The number of carbonyl (C=O) groups excluding carboxylic acids is 2. The number of amides is 2. The van der Waals surface area contributed by atoms with Crippen molar-refractivity contribution >= 4 is 17.6 Å². The van der Waals surface area contributed by atoms with Crippen LogP contribution in [0, 0.1) is 5.41 Å².